The minimum Gasteiger partial charge on any atom is -0.507 e. The van der Waals surface area contributed by atoms with Gasteiger partial charge in [0.2, 0.25) is 12.6 Å². The van der Waals surface area contributed by atoms with Crippen LogP contribution in [0.15, 0.2) is 42.5 Å². The average molecular weight is 505 g/mol. The van der Waals surface area contributed by atoms with Crippen LogP contribution in [-0.4, -0.2) is 50.2 Å². The summed E-state index contributed by atoms with van der Waals surface area (Å²) in [6.45, 7) is 0.828. The number of Topliss-reactive ketones (excluding diaryl/α,β-unsaturated/α-hetero) is 1. The minimum atomic E-state index is -2.00. The summed E-state index contributed by atoms with van der Waals surface area (Å²) in [4.78, 5) is 39.1. The Balaban J connectivity index is 1.55. The average Bonchev–Trinajstić information content (AvgIpc) is 2.85. The van der Waals surface area contributed by atoms with E-state index in [1.807, 2.05) is 0 Å². The second kappa shape index (κ2) is 8.61. The number of aliphatic hydroxyl groups excluding tert-OH is 1. The highest BCUT2D eigenvalue weighted by molar-refractivity contribution is 6.31. The van der Waals surface area contributed by atoms with Gasteiger partial charge in [0.05, 0.1) is 22.8 Å². The van der Waals surface area contributed by atoms with Crippen LogP contribution in [-0.2, 0) is 11.2 Å². The van der Waals surface area contributed by atoms with Crippen molar-refractivity contribution in [1.29, 1.82) is 0 Å². The molecule has 2 unspecified atom stereocenters. The van der Waals surface area contributed by atoms with Crippen molar-refractivity contribution in [2.45, 2.75) is 31.5 Å². The molecule has 0 fully saturated rings. The molecule has 3 aromatic rings. The number of ether oxygens (including phenoxy) is 2. The first-order chi connectivity index (χ1) is 17.5. The van der Waals surface area contributed by atoms with Gasteiger partial charge in [-0.15, -0.1) is 0 Å². The number of hydrogen-bond donors (Lipinski definition) is 5. The van der Waals surface area contributed by atoms with Crippen molar-refractivity contribution >= 4 is 23.0 Å². The van der Waals surface area contributed by atoms with E-state index in [1.54, 1.807) is 24.3 Å². The molecule has 5 rings (SSSR count). The predicted octanol–water partition coefficient (Wildman–Crippen LogP) is 2.17. The molecule has 0 spiro atoms. The molecule has 0 heterocycles. The summed E-state index contributed by atoms with van der Waals surface area (Å²) in [6.07, 6.45) is -2.46. The van der Waals surface area contributed by atoms with Crippen LogP contribution in [0.5, 0.6) is 23.0 Å². The zero-order valence-electron chi connectivity index (χ0n) is 19.6. The maximum Gasteiger partial charge on any atom is 0.230 e. The summed E-state index contributed by atoms with van der Waals surface area (Å²) in [6, 6.07) is 10.9. The van der Waals surface area contributed by atoms with Crippen LogP contribution in [0, 0.1) is 0 Å². The fraction of sp³-hybridized carbons (Fsp3) is 0.222. The SMILES string of the molecule is CC(=O)C1(O)Cc2c(O)c3c(c(O)c2C(O)C1)C(=O)c1c(OCOc2ccc(N)cc2)cccc1C3=O. The molecule has 0 amide bonds. The van der Waals surface area contributed by atoms with E-state index in [4.69, 9.17) is 15.2 Å². The van der Waals surface area contributed by atoms with E-state index < -0.39 is 64.5 Å². The van der Waals surface area contributed by atoms with E-state index in [2.05, 4.69) is 0 Å². The second-order valence-corrected chi connectivity index (χ2v) is 9.14. The smallest absolute Gasteiger partial charge is 0.230 e. The van der Waals surface area contributed by atoms with Crippen molar-refractivity contribution in [2.75, 3.05) is 12.5 Å². The number of nitrogen functional groups attached to an aromatic ring is 1. The monoisotopic (exact) mass is 505 g/mol. The van der Waals surface area contributed by atoms with Crippen molar-refractivity contribution < 1.29 is 44.3 Å². The highest BCUT2D eigenvalue weighted by Crippen LogP contribution is 2.51. The summed E-state index contributed by atoms with van der Waals surface area (Å²) in [5.74, 6) is -3.12. The summed E-state index contributed by atoms with van der Waals surface area (Å²) in [5.41, 5.74) is 2.65. The highest BCUT2D eigenvalue weighted by Gasteiger charge is 2.47. The number of aromatic hydroxyl groups is 2. The van der Waals surface area contributed by atoms with Gasteiger partial charge in [0.1, 0.15) is 28.6 Å². The third kappa shape index (κ3) is 3.78. The van der Waals surface area contributed by atoms with Gasteiger partial charge in [-0.2, -0.15) is 0 Å². The molecule has 37 heavy (non-hydrogen) atoms. The van der Waals surface area contributed by atoms with E-state index in [0.29, 0.717) is 11.4 Å². The summed E-state index contributed by atoms with van der Waals surface area (Å²) < 4.78 is 11.1. The van der Waals surface area contributed by atoms with Gasteiger partial charge >= 0.3 is 0 Å². The Morgan fingerprint density at radius 3 is 2.35 bits per heavy atom. The largest absolute Gasteiger partial charge is 0.507 e. The van der Waals surface area contributed by atoms with E-state index in [9.17, 15) is 34.8 Å². The molecule has 6 N–H and O–H groups in total. The number of nitrogens with two attached hydrogens (primary N) is 1. The number of benzene rings is 3. The van der Waals surface area contributed by atoms with Gasteiger partial charge in [0, 0.05) is 35.2 Å². The lowest BCUT2D eigenvalue weighted by Gasteiger charge is -2.36. The number of rotatable bonds is 5. The van der Waals surface area contributed by atoms with Gasteiger partial charge in [-0.1, -0.05) is 12.1 Å². The standard InChI is InChI=1S/C27H23NO9/c1-12(29)27(35)9-16-19(17(30)10-27)25(33)22-21(24(16)32)23(31)15-3-2-4-18(20(15)26(22)34)37-11-36-14-7-5-13(28)6-8-14/h2-8,17,30,32-33,35H,9-11,28H2,1H3. The molecule has 0 saturated heterocycles. The van der Waals surface area contributed by atoms with Gasteiger partial charge in [0.15, 0.2) is 11.6 Å². The van der Waals surface area contributed by atoms with Crippen LogP contribution in [0.1, 0.15) is 62.4 Å². The molecule has 0 saturated carbocycles. The van der Waals surface area contributed by atoms with Crippen LogP contribution in [0.2, 0.25) is 0 Å². The second-order valence-electron chi connectivity index (χ2n) is 9.14. The van der Waals surface area contributed by atoms with Crippen molar-refractivity contribution in [2.24, 2.45) is 0 Å². The first-order valence-corrected chi connectivity index (χ1v) is 11.4. The fourth-order valence-corrected chi connectivity index (χ4v) is 4.89. The number of phenols is 2. The fourth-order valence-electron chi connectivity index (χ4n) is 4.89. The molecule has 2 aliphatic rings. The maximum atomic E-state index is 13.6. The highest BCUT2D eigenvalue weighted by atomic mass is 16.7. The third-order valence-electron chi connectivity index (χ3n) is 6.85. The van der Waals surface area contributed by atoms with Gasteiger partial charge in [-0.25, -0.2) is 0 Å². The molecule has 2 aliphatic carbocycles. The molecule has 10 heteroatoms. The lowest BCUT2D eigenvalue weighted by Crippen LogP contribution is -2.44. The quantitative estimate of drug-likeness (QED) is 0.153. The molecule has 2 atom stereocenters. The van der Waals surface area contributed by atoms with Crippen molar-refractivity contribution in [3.63, 3.8) is 0 Å². The predicted molar refractivity (Wildman–Crippen MR) is 129 cm³/mol. The molecule has 3 aromatic carbocycles. The van der Waals surface area contributed by atoms with Gasteiger partial charge < -0.3 is 35.6 Å². The van der Waals surface area contributed by atoms with Crippen molar-refractivity contribution in [3.8, 4) is 23.0 Å². The number of phenolic OH excluding ortho intramolecular Hbond substituents is 2. The Labute approximate surface area is 210 Å². The normalized spacial score (nSPS) is 20.0. The zero-order valence-corrected chi connectivity index (χ0v) is 19.6. The van der Waals surface area contributed by atoms with Gasteiger partial charge in [0.25, 0.3) is 0 Å². The van der Waals surface area contributed by atoms with Gasteiger partial charge in [-0.3, -0.25) is 14.4 Å². The van der Waals surface area contributed by atoms with E-state index in [0.717, 1.165) is 6.92 Å². The third-order valence-corrected chi connectivity index (χ3v) is 6.85. The summed E-state index contributed by atoms with van der Waals surface area (Å²) in [5, 5.41) is 43.4. The zero-order chi connectivity index (χ0) is 26.6. The van der Waals surface area contributed by atoms with Gasteiger partial charge in [-0.05, 0) is 37.3 Å². The molecular formula is C27H23NO9. The molecular weight excluding hydrogens is 482 g/mol. The number of anilines is 1. The topological polar surface area (TPSA) is 177 Å². The van der Waals surface area contributed by atoms with Crippen molar-refractivity contribution in [1.82, 2.24) is 0 Å². The summed E-state index contributed by atoms with van der Waals surface area (Å²) >= 11 is 0. The van der Waals surface area contributed by atoms with E-state index >= 15 is 0 Å². The minimum absolute atomic E-state index is 0.0139. The first-order valence-electron chi connectivity index (χ1n) is 11.4. The molecule has 0 bridgehead atoms. The number of hydrogen-bond acceptors (Lipinski definition) is 10. The Morgan fingerprint density at radius 1 is 1.00 bits per heavy atom. The number of fused-ring (bicyclic) bond motifs is 3. The molecule has 190 valence electrons. The Hall–Kier alpha value is -4.41. The number of carbonyl (C=O) groups excluding carboxylic acids is 3. The molecule has 10 nitrogen and oxygen atoms in total. The van der Waals surface area contributed by atoms with Crippen LogP contribution in [0.4, 0.5) is 5.69 Å². The van der Waals surface area contributed by atoms with Crippen LogP contribution in [0.25, 0.3) is 0 Å². The van der Waals surface area contributed by atoms with Crippen LogP contribution < -0.4 is 15.2 Å². The Kier molecular flexibility index (Phi) is 5.65. The maximum absolute atomic E-state index is 13.6. The molecule has 0 aliphatic heterocycles. The summed E-state index contributed by atoms with van der Waals surface area (Å²) in [7, 11) is 0. The van der Waals surface area contributed by atoms with E-state index in [-0.39, 0.29) is 34.8 Å². The number of aliphatic hydroxyl groups is 2. The Bertz CT molecular complexity index is 1480. The molecule has 0 radical (unpaired) electrons. The number of carbonyl (C=O) groups is 3. The van der Waals surface area contributed by atoms with E-state index in [1.165, 1.54) is 18.2 Å². The lowest BCUT2D eigenvalue weighted by molar-refractivity contribution is -0.139. The molecule has 0 aromatic heterocycles. The first kappa shape index (κ1) is 24.3. The number of ketones is 3. The Morgan fingerprint density at radius 2 is 1.68 bits per heavy atom. The lowest BCUT2D eigenvalue weighted by atomic mass is 9.72. The van der Waals surface area contributed by atoms with Crippen LogP contribution >= 0.6 is 0 Å². The van der Waals surface area contributed by atoms with Crippen LogP contribution in [0.3, 0.4) is 0 Å². The van der Waals surface area contributed by atoms with Crippen molar-refractivity contribution in [3.05, 3.63) is 75.8 Å².